The molecule has 0 rings (SSSR count). The lowest BCUT2D eigenvalue weighted by molar-refractivity contribution is -0.167. The van der Waals surface area contributed by atoms with Crippen molar-refractivity contribution in [1.29, 1.82) is 0 Å². The smallest absolute Gasteiger partial charge is 0.306 e. The standard InChI is InChI=1S/C72H122O6/c1-4-7-10-13-16-19-22-25-27-29-31-33-35-36-38-39-41-43-45-47-50-53-56-59-62-65-71(74)77-68-69(67-76-70(73)64-61-58-55-52-49-24-21-18-15-12-9-6-3)78-72(75)66-63-60-57-54-51-48-46-44-42-40-37-34-32-30-28-26-23-20-17-14-11-8-5-2/h8,11,17-18,20-21,26,28-29,31-32,34,40,42,46,48,54,57,69H,4-7,9-10,12-16,19,22-25,27,30,33,35-39,41,43-45,47,49-53,55-56,58-68H2,1-3H3/b11-8-,20-17-,21-18-,28-26-,31-29-,34-32-,42-40-,48-46-,57-54-. The first-order chi connectivity index (χ1) is 38.5. The third-order valence-electron chi connectivity index (χ3n) is 14.0. The van der Waals surface area contributed by atoms with Gasteiger partial charge < -0.3 is 14.2 Å². The second-order valence-electron chi connectivity index (χ2n) is 21.6. The number of ether oxygens (including phenoxy) is 3. The molecule has 0 N–H and O–H groups in total. The molecule has 0 saturated carbocycles. The van der Waals surface area contributed by atoms with E-state index in [4.69, 9.17) is 14.2 Å². The minimum atomic E-state index is -0.814. The summed E-state index contributed by atoms with van der Waals surface area (Å²) in [4.78, 5) is 38.3. The number of unbranched alkanes of at least 4 members (excludes halogenated alkanes) is 30. The Kier molecular flexibility index (Phi) is 62.3. The number of allylic oxidation sites excluding steroid dienone is 18. The molecular weight excluding hydrogens is 961 g/mol. The average molecular weight is 1080 g/mol. The molecule has 0 saturated heterocycles. The van der Waals surface area contributed by atoms with Crippen molar-refractivity contribution in [2.45, 2.75) is 316 Å². The Bertz CT molecular complexity index is 1570. The van der Waals surface area contributed by atoms with Crippen LogP contribution in [0.25, 0.3) is 0 Å². The molecule has 0 amide bonds. The topological polar surface area (TPSA) is 78.9 Å². The van der Waals surface area contributed by atoms with Crippen LogP contribution in [0.15, 0.2) is 109 Å². The summed E-state index contributed by atoms with van der Waals surface area (Å²) in [5.74, 6) is -0.967. The highest BCUT2D eigenvalue weighted by Crippen LogP contribution is 2.16. The van der Waals surface area contributed by atoms with Crippen LogP contribution in [0, 0.1) is 0 Å². The Balaban J connectivity index is 4.38. The summed E-state index contributed by atoms with van der Waals surface area (Å²) in [7, 11) is 0. The van der Waals surface area contributed by atoms with Gasteiger partial charge in [0.1, 0.15) is 13.2 Å². The zero-order valence-electron chi connectivity index (χ0n) is 51.2. The maximum atomic E-state index is 12.9. The van der Waals surface area contributed by atoms with Crippen LogP contribution >= 0.6 is 0 Å². The average Bonchev–Trinajstić information content (AvgIpc) is 3.44. The van der Waals surface area contributed by atoms with Gasteiger partial charge in [-0.05, 0) is 122 Å². The Labute approximate surface area is 482 Å². The zero-order valence-corrected chi connectivity index (χ0v) is 51.2. The van der Waals surface area contributed by atoms with Crippen molar-refractivity contribution in [3.63, 3.8) is 0 Å². The van der Waals surface area contributed by atoms with E-state index in [9.17, 15) is 14.4 Å². The van der Waals surface area contributed by atoms with Crippen molar-refractivity contribution < 1.29 is 28.6 Å². The number of carbonyl (C=O) groups excluding carboxylic acids is 3. The van der Waals surface area contributed by atoms with E-state index < -0.39 is 6.10 Å². The van der Waals surface area contributed by atoms with Gasteiger partial charge in [0.15, 0.2) is 6.10 Å². The first kappa shape index (κ1) is 74.1. The van der Waals surface area contributed by atoms with Crippen LogP contribution < -0.4 is 0 Å². The molecule has 0 fully saturated rings. The Morgan fingerprint density at radius 2 is 0.513 bits per heavy atom. The molecular formula is C72H122O6. The minimum absolute atomic E-state index is 0.104. The zero-order chi connectivity index (χ0) is 56.4. The molecule has 6 nitrogen and oxygen atoms in total. The molecule has 1 unspecified atom stereocenters. The summed E-state index contributed by atoms with van der Waals surface area (Å²) in [6.07, 6.45) is 89.7. The van der Waals surface area contributed by atoms with E-state index in [-0.39, 0.29) is 37.5 Å². The summed E-state index contributed by atoms with van der Waals surface area (Å²) in [5, 5.41) is 0. The van der Waals surface area contributed by atoms with Crippen molar-refractivity contribution in [2.75, 3.05) is 13.2 Å². The van der Waals surface area contributed by atoms with Crippen LogP contribution in [0.1, 0.15) is 310 Å². The van der Waals surface area contributed by atoms with E-state index in [0.29, 0.717) is 19.3 Å². The summed E-state index contributed by atoms with van der Waals surface area (Å²) >= 11 is 0. The lowest BCUT2D eigenvalue weighted by Gasteiger charge is -2.18. The third kappa shape index (κ3) is 62.9. The summed E-state index contributed by atoms with van der Waals surface area (Å²) < 4.78 is 16.9. The maximum Gasteiger partial charge on any atom is 0.306 e. The van der Waals surface area contributed by atoms with Gasteiger partial charge in [0.05, 0.1) is 0 Å². The van der Waals surface area contributed by atoms with E-state index >= 15 is 0 Å². The van der Waals surface area contributed by atoms with Gasteiger partial charge in [0, 0.05) is 19.3 Å². The molecule has 0 bridgehead atoms. The van der Waals surface area contributed by atoms with Crippen LogP contribution in [-0.4, -0.2) is 37.2 Å². The highest BCUT2D eigenvalue weighted by atomic mass is 16.6. The normalized spacial score (nSPS) is 12.8. The molecule has 0 heterocycles. The van der Waals surface area contributed by atoms with Gasteiger partial charge in [-0.2, -0.15) is 0 Å². The molecule has 0 aromatic rings. The van der Waals surface area contributed by atoms with Gasteiger partial charge in [-0.15, -0.1) is 0 Å². The number of esters is 3. The fourth-order valence-electron chi connectivity index (χ4n) is 9.07. The van der Waals surface area contributed by atoms with Crippen molar-refractivity contribution in [3.8, 4) is 0 Å². The monoisotopic (exact) mass is 1080 g/mol. The lowest BCUT2D eigenvalue weighted by atomic mass is 10.0. The van der Waals surface area contributed by atoms with E-state index in [1.54, 1.807) is 0 Å². The molecule has 446 valence electrons. The summed E-state index contributed by atoms with van der Waals surface area (Å²) in [5.41, 5.74) is 0. The molecule has 1 atom stereocenters. The Morgan fingerprint density at radius 1 is 0.269 bits per heavy atom. The fourth-order valence-corrected chi connectivity index (χ4v) is 9.07. The number of rotatable bonds is 59. The van der Waals surface area contributed by atoms with Crippen LogP contribution in [-0.2, 0) is 28.6 Å². The molecule has 0 aliphatic carbocycles. The first-order valence-electron chi connectivity index (χ1n) is 32.9. The van der Waals surface area contributed by atoms with Crippen LogP contribution in [0.5, 0.6) is 0 Å². The van der Waals surface area contributed by atoms with Gasteiger partial charge in [0.2, 0.25) is 0 Å². The van der Waals surface area contributed by atoms with Gasteiger partial charge in [-0.25, -0.2) is 0 Å². The fraction of sp³-hybridized carbons (Fsp3) is 0.708. The Morgan fingerprint density at radius 3 is 0.859 bits per heavy atom. The highest BCUT2D eigenvalue weighted by Gasteiger charge is 2.19. The van der Waals surface area contributed by atoms with Crippen molar-refractivity contribution in [1.82, 2.24) is 0 Å². The number of hydrogen-bond acceptors (Lipinski definition) is 6. The predicted molar refractivity (Wildman–Crippen MR) is 339 cm³/mol. The number of carbonyl (C=O) groups is 3. The molecule has 0 aliphatic heterocycles. The highest BCUT2D eigenvalue weighted by molar-refractivity contribution is 5.71. The second kappa shape index (κ2) is 65.6. The SMILES string of the molecule is CC/C=C\C/C=C\C/C=C\C/C=C\C/C=C\C/C=C\C/C=C\CCCC(=O)OC(COC(=O)CCCCCCC/C=C\CCCCC)COC(=O)CCCCCCCCCCCCCCC/C=C\CCCCCCCCCC. The van der Waals surface area contributed by atoms with Gasteiger partial charge in [-0.3, -0.25) is 14.4 Å². The van der Waals surface area contributed by atoms with E-state index in [1.807, 2.05) is 0 Å². The minimum Gasteiger partial charge on any atom is -0.462 e. The first-order valence-corrected chi connectivity index (χ1v) is 32.9. The van der Waals surface area contributed by atoms with Gasteiger partial charge in [-0.1, -0.05) is 278 Å². The van der Waals surface area contributed by atoms with Crippen LogP contribution in [0.2, 0.25) is 0 Å². The van der Waals surface area contributed by atoms with Crippen molar-refractivity contribution >= 4 is 17.9 Å². The van der Waals surface area contributed by atoms with Crippen molar-refractivity contribution in [3.05, 3.63) is 109 Å². The van der Waals surface area contributed by atoms with Gasteiger partial charge in [0.25, 0.3) is 0 Å². The molecule has 0 aromatic carbocycles. The maximum absolute atomic E-state index is 12.9. The second-order valence-corrected chi connectivity index (χ2v) is 21.6. The Hall–Kier alpha value is -3.93. The molecule has 78 heavy (non-hydrogen) atoms. The summed E-state index contributed by atoms with van der Waals surface area (Å²) in [6, 6.07) is 0. The number of hydrogen-bond donors (Lipinski definition) is 0. The quantitative estimate of drug-likeness (QED) is 0.0261. The molecule has 0 aromatic heterocycles. The van der Waals surface area contributed by atoms with E-state index in [2.05, 4.69) is 130 Å². The van der Waals surface area contributed by atoms with Gasteiger partial charge >= 0.3 is 17.9 Å². The molecule has 6 heteroatoms. The van der Waals surface area contributed by atoms with Crippen molar-refractivity contribution in [2.24, 2.45) is 0 Å². The molecule has 0 aliphatic rings. The van der Waals surface area contributed by atoms with Crippen LogP contribution in [0.3, 0.4) is 0 Å². The predicted octanol–water partition coefficient (Wildman–Crippen LogP) is 22.6. The van der Waals surface area contributed by atoms with E-state index in [1.165, 1.54) is 161 Å². The third-order valence-corrected chi connectivity index (χ3v) is 14.0. The van der Waals surface area contributed by atoms with E-state index in [0.717, 1.165) is 103 Å². The lowest BCUT2D eigenvalue weighted by Crippen LogP contribution is -2.30. The molecule has 0 radical (unpaired) electrons. The van der Waals surface area contributed by atoms with Crippen LogP contribution in [0.4, 0.5) is 0 Å². The molecule has 0 spiro atoms. The largest absolute Gasteiger partial charge is 0.462 e. The summed E-state index contributed by atoms with van der Waals surface area (Å²) in [6.45, 7) is 6.47.